The number of hydrogen-bond donors (Lipinski definition) is 2. The lowest BCUT2D eigenvalue weighted by Gasteiger charge is -2.07. The van der Waals surface area contributed by atoms with E-state index in [1.807, 2.05) is 19.1 Å². The number of anilines is 1. The molecule has 0 aliphatic heterocycles. The zero-order valence-electron chi connectivity index (χ0n) is 12.2. The molecule has 0 aliphatic rings. The van der Waals surface area contributed by atoms with Crippen LogP contribution in [0, 0.1) is 5.92 Å². The summed E-state index contributed by atoms with van der Waals surface area (Å²) in [5, 5.41) is 6.01. The molecule has 0 saturated heterocycles. The highest BCUT2D eigenvalue weighted by atomic mass is 16.1. The quantitative estimate of drug-likeness (QED) is 0.709. The van der Waals surface area contributed by atoms with Crippen LogP contribution in [0.15, 0.2) is 18.2 Å². The summed E-state index contributed by atoms with van der Waals surface area (Å²) in [5.41, 5.74) is 0.474. The minimum Gasteiger partial charge on any atom is -0.370 e. The van der Waals surface area contributed by atoms with Gasteiger partial charge in [0.1, 0.15) is 11.5 Å². The van der Waals surface area contributed by atoms with E-state index < -0.39 is 0 Å². The first-order valence-corrected chi connectivity index (χ1v) is 7.12. The molecule has 0 saturated carbocycles. The Balaban J connectivity index is 2.34. The third-order valence-corrected chi connectivity index (χ3v) is 2.83. The first-order chi connectivity index (χ1) is 9.13. The van der Waals surface area contributed by atoms with Gasteiger partial charge in [0.2, 0.25) is 0 Å². The fourth-order valence-corrected chi connectivity index (χ4v) is 1.81. The third-order valence-electron chi connectivity index (χ3n) is 2.83. The van der Waals surface area contributed by atoms with Gasteiger partial charge in [-0.05, 0) is 31.4 Å². The van der Waals surface area contributed by atoms with Crippen LogP contribution in [0.2, 0.25) is 0 Å². The Morgan fingerprint density at radius 1 is 1.32 bits per heavy atom. The fourth-order valence-electron chi connectivity index (χ4n) is 1.81. The van der Waals surface area contributed by atoms with Crippen LogP contribution < -0.4 is 10.6 Å². The number of carbonyl (C=O) groups excluding carboxylic acids is 1. The van der Waals surface area contributed by atoms with Gasteiger partial charge in [-0.25, -0.2) is 4.98 Å². The van der Waals surface area contributed by atoms with E-state index in [0.29, 0.717) is 5.69 Å². The number of hydrogen-bond acceptors (Lipinski definition) is 3. The third kappa shape index (κ3) is 6.22. The summed E-state index contributed by atoms with van der Waals surface area (Å²) in [4.78, 5) is 16.2. The molecule has 4 nitrogen and oxygen atoms in total. The maximum atomic E-state index is 11.9. The largest absolute Gasteiger partial charge is 0.370 e. The molecule has 0 bridgehead atoms. The van der Waals surface area contributed by atoms with E-state index in [1.54, 1.807) is 6.07 Å². The molecule has 1 aromatic heterocycles. The van der Waals surface area contributed by atoms with Crippen LogP contribution in [-0.4, -0.2) is 24.0 Å². The Morgan fingerprint density at radius 3 is 2.79 bits per heavy atom. The SMILES string of the molecule is CCNc1cccc(C(=O)NCCCCC(C)C)n1. The zero-order chi connectivity index (χ0) is 14.1. The number of nitrogens with one attached hydrogen (secondary N) is 2. The molecular formula is C15H25N3O. The number of unbranched alkanes of at least 4 members (excludes halogenated alkanes) is 1. The summed E-state index contributed by atoms with van der Waals surface area (Å²) in [7, 11) is 0. The summed E-state index contributed by atoms with van der Waals surface area (Å²) in [6, 6.07) is 5.45. The molecule has 4 heteroatoms. The lowest BCUT2D eigenvalue weighted by Crippen LogP contribution is -2.25. The van der Waals surface area contributed by atoms with Crippen molar-refractivity contribution in [2.75, 3.05) is 18.4 Å². The molecule has 1 aromatic rings. The van der Waals surface area contributed by atoms with Crippen LogP contribution >= 0.6 is 0 Å². The number of amides is 1. The van der Waals surface area contributed by atoms with Crippen molar-refractivity contribution in [3.63, 3.8) is 0 Å². The van der Waals surface area contributed by atoms with Crippen molar-refractivity contribution in [2.45, 2.75) is 40.0 Å². The monoisotopic (exact) mass is 263 g/mol. The van der Waals surface area contributed by atoms with Gasteiger partial charge in [-0.3, -0.25) is 4.79 Å². The van der Waals surface area contributed by atoms with Gasteiger partial charge in [-0.15, -0.1) is 0 Å². The van der Waals surface area contributed by atoms with Crippen molar-refractivity contribution >= 4 is 11.7 Å². The Bertz CT molecular complexity index is 391. The highest BCUT2D eigenvalue weighted by molar-refractivity contribution is 5.92. The van der Waals surface area contributed by atoms with E-state index in [1.165, 1.54) is 6.42 Å². The average molecular weight is 263 g/mol. The number of rotatable bonds is 8. The van der Waals surface area contributed by atoms with E-state index in [-0.39, 0.29) is 5.91 Å². The van der Waals surface area contributed by atoms with Crippen LogP contribution in [0.1, 0.15) is 50.5 Å². The molecule has 19 heavy (non-hydrogen) atoms. The lowest BCUT2D eigenvalue weighted by atomic mass is 10.1. The highest BCUT2D eigenvalue weighted by Crippen LogP contribution is 2.06. The second-order valence-corrected chi connectivity index (χ2v) is 5.08. The highest BCUT2D eigenvalue weighted by Gasteiger charge is 2.06. The smallest absolute Gasteiger partial charge is 0.269 e. The molecule has 0 atom stereocenters. The normalized spacial score (nSPS) is 10.5. The van der Waals surface area contributed by atoms with Crippen molar-refractivity contribution in [1.82, 2.24) is 10.3 Å². The number of pyridine rings is 1. The van der Waals surface area contributed by atoms with E-state index in [0.717, 1.165) is 37.7 Å². The molecular weight excluding hydrogens is 238 g/mol. The number of nitrogens with zero attached hydrogens (tertiary/aromatic N) is 1. The zero-order valence-corrected chi connectivity index (χ0v) is 12.2. The number of aromatic nitrogens is 1. The first kappa shape index (κ1) is 15.5. The Labute approximate surface area is 116 Å². The van der Waals surface area contributed by atoms with Crippen LogP contribution in [0.5, 0.6) is 0 Å². The van der Waals surface area contributed by atoms with E-state index in [2.05, 4.69) is 29.5 Å². The molecule has 0 radical (unpaired) electrons. The average Bonchev–Trinajstić information content (AvgIpc) is 2.38. The molecule has 0 fully saturated rings. The van der Waals surface area contributed by atoms with Gasteiger partial charge in [0.15, 0.2) is 0 Å². The van der Waals surface area contributed by atoms with Gasteiger partial charge in [0.05, 0.1) is 0 Å². The molecule has 0 aliphatic carbocycles. The Morgan fingerprint density at radius 2 is 2.11 bits per heavy atom. The molecule has 1 rings (SSSR count). The van der Waals surface area contributed by atoms with E-state index in [9.17, 15) is 4.79 Å². The molecule has 2 N–H and O–H groups in total. The maximum Gasteiger partial charge on any atom is 0.269 e. The van der Waals surface area contributed by atoms with Crippen LogP contribution in [0.25, 0.3) is 0 Å². The summed E-state index contributed by atoms with van der Waals surface area (Å²) in [6.07, 6.45) is 3.39. The van der Waals surface area contributed by atoms with Gasteiger partial charge >= 0.3 is 0 Å². The summed E-state index contributed by atoms with van der Waals surface area (Å²) in [5.74, 6) is 1.38. The van der Waals surface area contributed by atoms with Crippen molar-refractivity contribution < 1.29 is 4.79 Å². The van der Waals surface area contributed by atoms with Gasteiger partial charge in [-0.1, -0.05) is 32.8 Å². The molecule has 1 amide bonds. The standard InChI is InChI=1S/C15H25N3O/c1-4-16-14-10-7-9-13(18-14)15(19)17-11-6-5-8-12(2)3/h7,9-10,12H,4-6,8,11H2,1-3H3,(H,16,18)(H,17,19). The number of carbonyl (C=O) groups is 1. The molecule has 106 valence electrons. The molecule has 0 unspecified atom stereocenters. The van der Waals surface area contributed by atoms with Crippen molar-refractivity contribution in [1.29, 1.82) is 0 Å². The summed E-state index contributed by atoms with van der Waals surface area (Å²) >= 11 is 0. The van der Waals surface area contributed by atoms with Crippen molar-refractivity contribution in [3.05, 3.63) is 23.9 Å². The molecule has 0 spiro atoms. The minimum absolute atomic E-state index is 0.0932. The first-order valence-electron chi connectivity index (χ1n) is 7.12. The van der Waals surface area contributed by atoms with Gasteiger partial charge in [0, 0.05) is 13.1 Å². The van der Waals surface area contributed by atoms with Crippen molar-refractivity contribution in [3.8, 4) is 0 Å². The maximum absolute atomic E-state index is 11.9. The van der Waals surface area contributed by atoms with Crippen LogP contribution in [0.4, 0.5) is 5.82 Å². The fraction of sp³-hybridized carbons (Fsp3) is 0.600. The van der Waals surface area contributed by atoms with Gasteiger partial charge in [0.25, 0.3) is 5.91 Å². The van der Waals surface area contributed by atoms with E-state index >= 15 is 0 Å². The summed E-state index contributed by atoms with van der Waals surface area (Å²) in [6.45, 7) is 7.96. The van der Waals surface area contributed by atoms with Crippen LogP contribution in [0.3, 0.4) is 0 Å². The molecule has 0 aromatic carbocycles. The van der Waals surface area contributed by atoms with E-state index in [4.69, 9.17) is 0 Å². The van der Waals surface area contributed by atoms with Crippen LogP contribution in [-0.2, 0) is 0 Å². The summed E-state index contributed by atoms with van der Waals surface area (Å²) < 4.78 is 0. The van der Waals surface area contributed by atoms with Gasteiger partial charge < -0.3 is 10.6 Å². The Hall–Kier alpha value is -1.58. The Kier molecular flexibility index (Phi) is 6.93. The second-order valence-electron chi connectivity index (χ2n) is 5.08. The van der Waals surface area contributed by atoms with Gasteiger partial charge in [-0.2, -0.15) is 0 Å². The predicted octanol–water partition coefficient (Wildman–Crippen LogP) is 3.07. The molecule has 1 heterocycles. The minimum atomic E-state index is -0.0932. The van der Waals surface area contributed by atoms with Crippen molar-refractivity contribution in [2.24, 2.45) is 5.92 Å². The predicted molar refractivity (Wildman–Crippen MR) is 79.4 cm³/mol. The lowest BCUT2D eigenvalue weighted by molar-refractivity contribution is 0.0948. The topological polar surface area (TPSA) is 54.0 Å². The second kappa shape index (κ2) is 8.51.